The molecule has 2 aromatic carbocycles. The third-order valence-corrected chi connectivity index (χ3v) is 3.33. The van der Waals surface area contributed by atoms with Crippen molar-refractivity contribution in [2.45, 2.75) is 20.3 Å². The number of aromatic hydroxyl groups is 2. The van der Waals surface area contributed by atoms with Crippen LogP contribution in [-0.2, 0) is 6.42 Å². The van der Waals surface area contributed by atoms with E-state index in [0.717, 1.165) is 10.9 Å². The highest BCUT2D eigenvalue weighted by molar-refractivity contribution is 6.34. The maximum Gasteiger partial charge on any atom is 0.177 e. The van der Waals surface area contributed by atoms with Crippen molar-refractivity contribution in [3.8, 4) is 11.5 Å². The average Bonchev–Trinajstić information content (AvgIpc) is 2.36. The molecule has 2 rings (SSSR count). The Kier molecular flexibility index (Phi) is 3.48. The van der Waals surface area contributed by atoms with Crippen LogP contribution in [-0.4, -0.2) is 10.2 Å². The molecule has 0 aliphatic rings. The normalized spacial score (nSPS) is 10.6. The second-order valence-electron chi connectivity index (χ2n) is 4.52. The van der Waals surface area contributed by atoms with Gasteiger partial charge in [0.05, 0.1) is 5.02 Å². The fraction of sp³-hybridized carbons (Fsp3) is 0.200. The minimum atomic E-state index is -0.243. The summed E-state index contributed by atoms with van der Waals surface area (Å²) in [7, 11) is 0. The molecule has 0 heterocycles. The maximum atomic E-state index is 9.89. The van der Waals surface area contributed by atoms with Crippen molar-refractivity contribution in [2.75, 3.05) is 0 Å². The van der Waals surface area contributed by atoms with E-state index in [1.807, 2.05) is 38.1 Å². The van der Waals surface area contributed by atoms with Crippen LogP contribution in [0.25, 0.3) is 10.8 Å². The van der Waals surface area contributed by atoms with Crippen LogP contribution in [0.1, 0.15) is 19.4 Å². The smallest absolute Gasteiger partial charge is 0.177 e. The van der Waals surface area contributed by atoms with Crippen molar-refractivity contribution >= 4 is 22.4 Å². The van der Waals surface area contributed by atoms with E-state index in [-0.39, 0.29) is 16.5 Å². The number of rotatable bonds is 2. The Bertz CT molecular complexity index is 626. The fourth-order valence-electron chi connectivity index (χ4n) is 1.95. The van der Waals surface area contributed by atoms with Crippen molar-refractivity contribution in [2.24, 2.45) is 0 Å². The van der Waals surface area contributed by atoms with Gasteiger partial charge in [0.1, 0.15) is 0 Å². The van der Waals surface area contributed by atoms with Gasteiger partial charge in [-0.3, -0.25) is 0 Å². The molecule has 0 saturated heterocycles. The molecule has 2 nitrogen and oxygen atoms in total. The number of hydrogen-bond acceptors (Lipinski definition) is 2. The summed E-state index contributed by atoms with van der Waals surface area (Å²) in [6, 6.07) is 7.38. The zero-order chi connectivity index (χ0) is 13.3. The van der Waals surface area contributed by atoms with Crippen LogP contribution < -0.4 is 0 Å². The van der Waals surface area contributed by atoms with Gasteiger partial charge in [-0.2, -0.15) is 0 Å². The van der Waals surface area contributed by atoms with Crippen LogP contribution in [0.15, 0.2) is 35.9 Å². The lowest BCUT2D eigenvalue weighted by Gasteiger charge is -2.11. The molecule has 0 unspecified atom stereocenters. The van der Waals surface area contributed by atoms with Gasteiger partial charge in [-0.05, 0) is 31.2 Å². The van der Waals surface area contributed by atoms with E-state index in [2.05, 4.69) is 0 Å². The Morgan fingerprint density at radius 1 is 1.11 bits per heavy atom. The number of phenols is 2. The van der Waals surface area contributed by atoms with E-state index in [1.54, 1.807) is 6.07 Å². The summed E-state index contributed by atoms with van der Waals surface area (Å²) < 4.78 is 0. The third kappa shape index (κ3) is 2.16. The number of phenolic OH excluding ortho intramolecular Hbond substituents is 2. The molecule has 0 spiro atoms. The second-order valence-corrected chi connectivity index (χ2v) is 4.90. The Hall–Kier alpha value is -1.67. The Balaban J connectivity index is 2.74. The highest BCUT2D eigenvalue weighted by Gasteiger charge is 2.15. The van der Waals surface area contributed by atoms with Gasteiger partial charge >= 0.3 is 0 Å². The van der Waals surface area contributed by atoms with Gasteiger partial charge in [0.2, 0.25) is 0 Å². The molecule has 0 bridgehead atoms. The Labute approximate surface area is 111 Å². The Morgan fingerprint density at radius 2 is 1.72 bits per heavy atom. The number of hydrogen-bond donors (Lipinski definition) is 2. The van der Waals surface area contributed by atoms with Crippen molar-refractivity contribution in [1.29, 1.82) is 0 Å². The molecule has 94 valence electrons. The molecule has 3 heteroatoms. The van der Waals surface area contributed by atoms with Crippen molar-refractivity contribution in [3.05, 3.63) is 46.5 Å². The first-order valence-electron chi connectivity index (χ1n) is 5.76. The maximum absolute atomic E-state index is 9.89. The lowest BCUT2D eigenvalue weighted by Crippen LogP contribution is -1.89. The summed E-state index contributed by atoms with van der Waals surface area (Å²) in [5.74, 6) is -0.399. The summed E-state index contributed by atoms with van der Waals surface area (Å²) in [4.78, 5) is 0. The van der Waals surface area contributed by atoms with E-state index in [9.17, 15) is 10.2 Å². The van der Waals surface area contributed by atoms with Gasteiger partial charge < -0.3 is 10.2 Å². The van der Waals surface area contributed by atoms with E-state index >= 15 is 0 Å². The first kappa shape index (κ1) is 12.8. The minimum absolute atomic E-state index is 0.156. The molecule has 0 radical (unpaired) electrons. The van der Waals surface area contributed by atoms with Gasteiger partial charge in [-0.15, -0.1) is 0 Å². The highest BCUT2D eigenvalue weighted by Crippen LogP contribution is 2.43. The second kappa shape index (κ2) is 4.91. The summed E-state index contributed by atoms with van der Waals surface area (Å²) in [6.45, 7) is 4.02. The monoisotopic (exact) mass is 262 g/mol. The summed E-state index contributed by atoms with van der Waals surface area (Å²) >= 11 is 6.12. The summed E-state index contributed by atoms with van der Waals surface area (Å²) in [6.07, 6.45) is 2.68. The van der Waals surface area contributed by atoms with Crippen molar-refractivity contribution in [3.63, 3.8) is 0 Å². The average molecular weight is 263 g/mol. The van der Waals surface area contributed by atoms with Crippen molar-refractivity contribution < 1.29 is 10.2 Å². The van der Waals surface area contributed by atoms with Crippen LogP contribution >= 0.6 is 11.6 Å². The minimum Gasteiger partial charge on any atom is -0.504 e. The summed E-state index contributed by atoms with van der Waals surface area (Å²) in [5, 5.41) is 21.5. The largest absolute Gasteiger partial charge is 0.504 e. The quantitative estimate of drug-likeness (QED) is 0.622. The molecule has 0 aromatic heterocycles. The molecular weight excluding hydrogens is 248 g/mol. The van der Waals surface area contributed by atoms with Crippen LogP contribution in [0.5, 0.6) is 11.5 Å². The van der Waals surface area contributed by atoms with Gasteiger partial charge in [0, 0.05) is 5.39 Å². The number of benzene rings is 2. The predicted molar refractivity (Wildman–Crippen MR) is 75.4 cm³/mol. The van der Waals surface area contributed by atoms with E-state index in [4.69, 9.17) is 11.6 Å². The van der Waals surface area contributed by atoms with E-state index in [0.29, 0.717) is 11.8 Å². The molecule has 0 aliphatic heterocycles. The van der Waals surface area contributed by atoms with Gasteiger partial charge in [-0.1, -0.05) is 47.5 Å². The molecular formula is C15H15ClO2. The van der Waals surface area contributed by atoms with Crippen LogP contribution in [0, 0.1) is 0 Å². The highest BCUT2D eigenvalue weighted by atomic mass is 35.5. The third-order valence-electron chi connectivity index (χ3n) is 2.92. The lowest BCUT2D eigenvalue weighted by molar-refractivity contribution is 0.408. The van der Waals surface area contributed by atoms with E-state index < -0.39 is 0 Å². The SMILES string of the molecule is CC(C)=CCc1c(Cl)c(O)c(O)c2ccccc12. The standard InChI is InChI=1S/C15H15ClO2/c1-9(2)7-8-11-10-5-3-4-6-12(10)14(17)15(18)13(11)16/h3-7,17-18H,8H2,1-2H3. The fourth-order valence-corrected chi connectivity index (χ4v) is 2.22. The van der Waals surface area contributed by atoms with Crippen LogP contribution in [0.2, 0.25) is 5.02 Å². The predicted octanol–water partition coefficient (Wildman–Crippen LogP) is 4.41. The molecule has 0 saturated carbocycles. The first-order chi connectivity index (χ1) is 8.52. The van der Waals surface area contributed by atoms with Gasteiger partial charge in [0.15, 0.2) is 11.5 Å². The van der Waals surface area contributed by atoms with Crippen molar-refractivity contribution in [1.82, 2.24) is 0 Å². The molecule has 0 fully saturated rings. The molecule has 2 N–H and O–H groups in total. The molecule has 18 heavy (non-hydrogen) atoms. The number of allylic oxidation sites excluding steroid dienone is 2. The molecule has 0 aliphatic carbocycles. The first-order valence-corrected chi connectivity index (χ1v) is 6.14. The van der Waals surface area contributed by atoms with E-state index in [1.165, 1.54) is 5.57 Å². The molecule has 0 amide bonds. The molecule has 2 aromatic rings. The summed E-state index contributed by atoms with van der Waals surface area (Å²) in [5.41, 5.74) is 2.02. The number of halogens is 1. The zero-order valence-electron chi connectivity index (χ0n) is 10.4. The topological polar surface area (TPSA) is 40.5 Å². The lowest BCUT2D eigenvalue weighted by atomic mass is 9.99. The Morgan fingerprint density at radius 3 is 2.33 bits per heavy atom. The number of fused-ring (bicyclic) bond motifs is 1. The van der Waals surface area contributed by atoms with Gasteiger partial charge in [-0.25, -0.2) is 0 Å². The zero-order valence-corrected chi connectivity index (χ0v) is 11.1. The van der Waals surface area contributed by atoms with Gasteiger partial charge in [0.25, 0.3) is 0 Å². The van der Waals surface area contributed by atoms with Crippen LogP contribution in [0.4, 0.5) is 0 Å². The van der Waals surface area contributed by atoms with Crippen LogP contribution in [0.3, 0.4) is 0 Å². The molecule has 0 atom stereocenters.